The van der Waals surface area contributed by atoms with Gasteiger partial charge in [-0.2, -0.15) is 0 Å². The Balaban J connectivity index is 2.68. The van der Waals surface area contributed by atoms with E-state index in [-0.39, 0.29) is 11.6 Å². The quantitative estimate of drug-likeness (QED) is 0.355. The zero-order chi connectivity index (χ0) is 13.5. The van der Waals surface area contributed by atoms with Crippen LogP contribution in [-0.2, 0) is 0 Å². The molecule has 0 saturated carbocycles. The number of rotatable bonds is 6. The Morgan fingerprint density at radius 1 is 1.56 bits per heavy atom. The first-order valence-corrected chi connectivity index (χ1v) is 5.98. The maximum atomic E-state index is 13.7. The van der Waals surface area contributed by atoms with Crippen LogP contribution >= 0.6 is 0 Å². The van der Waals surface area contributed by atoms with Crippen LogP contribution in [0.15, 0.2) is 23.4 Å². The number of benzene rings is 1. The van der Waals surface area contributed by atoms with E-state index in [0.717, 1.165) is 12.8 Å². The van der Waals surface area contributed by atoms with Gasteiger partial charge in [0.2, 0.25) is 0 Å². The third kappa shape index (κ3) is 3.91. The molecule has 1 atom stereocenters. The molecule has 100 valence electrons. The summed E-state index contributed by atoms with van der Waals surface area (Å²) in [6.45, 7) is 4.64. The number of hydrogen-bond acceptors (Lipinski definition) is 3. The molecule has 4 nitrogen and oxygen atoms in total. The molecular formula is C13H19FN2O2. The topological polar surface area (TPSA) is 67.8 Å². The van der Waals surface area contributed by atoms with Crippen LogP contribution < -0.4 is 10.5 Å². The van der Waals surface area contributed by atoms with Gasteiger partial charge in [-0.15, -0.1) is 0 Å². The van der Waals surface area contributed by atoms with Crippen molar-refractivity contribution < 1.29 is 14.3 Å². The zero-order valence-electron chi connectivity index (χ0n) is 10.7. The molecule has 1 rings (SSSR count). The molecule has 0 spiro atoms. The number of amidine groups is 1. The maximum Gasteiger partial charge on any atom is 0.170 e. The first-order valence-electron chi connectivity index (χ1n) is 5.98. The second-order valence-corrected chi connectivity index (χ2v) is 4.34. The first-order chi connectivity index (χ1) is 8.58. The second kappa shape index (κ2) is 6.83. The second-order valence-electron chi connectivity index (χ2n) is 4.34. The molecule has 0 bridgehead atoms. The predicted molar refractivity (Wildman–Crippen MR) is 68.5 cm³/mol. The Kier molecular flexibility index (Phi) is 5.42. The van der Waals surface area contributed by atoms with Crippen molar-refractivity contribution in [1.29, 1.82) is 0 Å². The Morgan fingerprint density at radius 3 is 2.83 bits per heavy atom. The Morgan fingerprint density at radius 2 is 2.28 bits per heavy atom. The summed E-state index contributed by atoms with van der Waals surface area (Å²) in [6.07, 6.45) is 2.12. The number of hydrogen-bond donors (Lipinski definition) is 2. The molecule has 0 saturated heterocycles. The summed E-state index contributed by atoms with van der Waals surface area (Å²) in [7, 11) is 0. The highest BCUT2D eigenvalue weighted by Gasteiger charge is 2.09. The highest BCUT2D eigenvalue weighted by Crippen LogP contribution is 2.19. The van der Waals surface area contributed by atoms with Crippen molar-refractivity contribution in [2.24, 2.45) is 16.8 Å². The fraction of sp³-hybridized carbons (Fsp3) is 0.462. The zero-order valence-corrected chi connectivity index (χ0v) is 10.7. The van der Waals surface area contributed by atoms with Crippen LogP contribution in [0.5, 0.6) is 5.75 Å². The summed E-state index contributed by atoms with van der Waals surface area (Å²) in [5, 5.41) is 11.3. The molecule has 0 aliphatic heterocycles. The summed E-state index contributed by atoms with van der Waals surface area (Å²) in [5.41, 5.74) is 5.69. The molecule has 1 aromatic carbocycles. The molecule has 0 aromatic heterocycles. The Labute approximate surface area is 106 Å². The van der Waals surface area contributed by atoms with Gasteiger partial charge in [-0.3, -0.25) is 0 Å². The van der Waals surface area contributed by atoms with E-state index in [0.29, 0.717) is 18.1 Å². The molecule has 0 radical (unpaired) electrons. The van der Waals surface area contributed by atoms with E-state index >= 15 is 0 Å². The van der Waals surface area contributed by atoms with Crippen molar-refractivity contribution in [3.05, 3.63) is 29.6 Å². The standard InChI is InChI=1S/C13H19FN2O2/c1-3-4-9(2)8-18-12-6-5-10(7-11(12)14)13(15)16-17/h5-7,9,17H,3-4,8H2,1-2H3,(H2,15,16). The minimum atomic E-state index is -0.511. The first kappa shape index (κ1) is 14.3. The van der Waals surface area contributed by atoms with Crippen LogP contribution in [0.3, 0.4) is 0 Å². The van der Waals surface area contributed by atoms with Gasteiger partial charge in [0, 0.05) is 5.56 Å². The molecule has 3 N–H and O–H groups in total. The number of ether oxygens (including phenoxy) is 1. The van der Waals surface area contributed by atoms with E-state index in [4.69, 9.17) is 15.7 Å². The molecule has 0 heterocycles. The molecule has 5 heteroatoms. The van der Waals surface area contributed by atoms with E-state index in [1.54, 1.807) is 6.07 Å². The van der Waals surface area contributed by atoms with Gasteiger partial charge in [0.25, 0.3) is 0 Å². The van der Waals surface area contributed by atoms with Crippen molar-refractivity contribution in [1.82, 2.24) is 0 Å². The number of nitrogens with two attached hydrogens (primary N) is 1. The van der Waals surface area contributed by atoms with Gasteiger partial charge in [-0.05, 0) is 30.5 Å². The third-order valence-electron chi connectivity index (χ3n) is 2.64. The maximum absolute atomic E-state index is 13.7. The monoisotopic (exact) mass is 254 g/mol. The van der Waals surface area contributed by atoms with Crippen molar-refractivity contribution in [2.45, 2.75) is 26.7 Å². The van der Waals surface area contributed by atoms with Crippen molar-refractivity contribution in [3.63, 3.8) is 0 Å². The molecule has 0 aliphatic carbocycles. The van der Waals surface area contributed by atoms with E-state index in [9.17, 15) is 4.39 Å². The number of oxime groups is 1. The summed E-state index contributed by atoms with van der Waals surface area (Å²) in [5.74, 6) is -0.0619. The molecule has 18 heavy (non-hydrogen) atoms. The third-order valence-corrected chi connectivity index (χ3v) is 2.64. The van der Waals surface area contributed by atoms with Gasteiger partial charge in [0.15, 0.2) is 17.4 Å². The van der Waals surface area contributed by atoms with Crippen LogP contribution in [0.4, 0.5) is 4.39 Å². The van der Waals surface area contributed by atoms with Crippen molar-refractivity contribution in [3.8, 4) is 5.75 Å². The van der Waals surface area contributed by atoms with E-state index < -0.39 is 5.82 Å². The van der Waals surface area contributed by atoms with E-state index in [2.05, 4.69) is 19.0 Å². The summed E-state index contributed by atoms with van der Waals surface area (Å²) >= 11 is 0. The lowest BCUT2D eigenvalue weighted by molar-refractivity contribution is 0.241. The molecule has 0 aliphatic rings. The highest BCUT2D eigenvalue weighted by molar-refractivity contribution is 5.97. The number of halogens is 1. The minimum Gasteiger partial charge on any atom is -0.490 e. The Bertz CT molecular complexity index is 421. The largest absolute Gasteiger partial charge is 0.490 e. The molecule has 1 aromatic rings. The molecule has 0 fully saturated rings. The smallest absolute Gasteiger partial charge is 0.170 e. The van der Waals surface area contributed by atoms with Crippen molar-refractivity contribution >= 4 is 5.84 Å². The fourth-order valence-corrected chi connectivity index (χ4v) is 1.64. The lowest BCUT2D eigenvalue weighted by atomic mass is 10.1. The van der Waals surface area contributed by atoms with Gasteiger partial charge < -0.3 is 15.7 Å². The summed E-state index contributed by atoms with van der Waals surface area (Å²) in [6, 6.07) is 4.23. The van der Waals surface area contributed by atoms with Crippen LogP contribution in [-0.4, -0.2) is 17.6 Å². The van der Waals surface area contributed by atoms with Crippen LogP contribution in [0.2, 0.25) is 0 Å². The minimum absolute atomic E-state index is 0.125. The number of nitrogens with zero attached hydrogens (tertiary/aromatic N) is 1. The van der Waals surface area contributed by atoms with Crippen molar-refractivity contribution in [2.75, 3.05) is 6.61 Å². The SMILES string of the molecule is CCCC(C)COc1ccc(/C(N)=N/O)cc1F. The van der Waals surface area contributed by atoms with Gasteiger partial charge in [0.05, 0.1) is 6.61 Å². The van der Waals surface area contributed by atoms with Crippen LogP contribution in [0.25, 0.3) is 0 Å². The highest BCUT2D eigenvalue weighted by atomic mass is 19.1. The lowest BCUT2D eigenvalue weighted by Crippen LogP contribution is -2.14. The molecular weight excluding hydrogens is 235 g/mol. The molecule has 0 amide bonds. The average molecular weight is 254 g/mol. The lowest BCUT2D eigenvalue weighted by Gasteiger charge is -2.13. The van der Waals surface area contributed by atoms with Gasteiger partial charge in [0.1, 0.15) is 0 Å². The average Bonchev–Trinajstić information content (AvgIpc) is 2.36. The van der Waals surface area contributed by atoms with E-state index in [1.807, 2.05) is 0 Å². The fourth-order valence-electron chi connectivity index (χ4n) is 1.64. The van der Waals surface area contributed by atoms with E-state index in [1.165, 1.54) is 12.1 Å². The summed E-state index contributed by atoms with van der Waals surface area (Å²) < 4.78 is 19.1. The summed E-state index contributed by atoms with van der Waals surface area (Å²) in [4.78, 5) is 0. The van der Waals surface area contributed by atoms with Gasteiger partial charge in [-0.1, -0.05) is 25.4 Å². The van der Waals surface area contributed by atoms with Crippen LogP contribution in [0.1, 0.15) is 32.3 Å². The van der Waals surface area contributed by atoms with Crippen LogP contribution in [0, 0.1) is 11.7 Å². The van der Waals surface area contributed by atoms with Gasteiger partial charge in [-0.25, -0.2) is 4.39 Å². The predicted octanol–water partition coefficient (Wildman–Crippen LogP) is 2.74. The molecule has 1 unspecified atom stereocenters. The van der Waals surface area contributed by atoms with Gasteiger partial charge >= 0.3 is 0 Å². The normalized spacial score (nSPS) is 13.4. The Hall–Kier alpha value is -1.78.